The zero-order valence-electron chi connectivity index (χ0n) is 16.4. The van der Waals surface area contributed by atoms with Crippen molar-refractivity contribution in [1.82, 2.24) is 5.32 Å². The molecule has 0 fully saturated rings. The Kier molecular flexibility index (Phi) is 7.04. The van der Waals surface area contributed by atoms with Crippen molar-refractivity contribution in [1.29, 1.82) is 0 Å². The van der Waals surface area contributed by atoms with Crippen LogP contribution in [-0.4, -0.2) is 23.8 Å². The van der Waals surface area contributed by atoms with E-state index in [1.54, 1.807) is 0 Å². The van der Waals surface area contributed by atoms with E-state index in [1.165, 1.54) is 11.3 Å². The number of rotatable bonds is 6. The Balaban J connectivity index is 1.78. The molecule has 1 aromatic heterocycles. The lowest BCUT2D eigenvalue weighted by molar-refractivity contribution is 0.00124. The molecule has 0 radical (unpaired) electrons. The van der Waals surface area contributed by atoms with Crippen LogP contribution in [0.3, 0.4) is 0 Å². The standard InChI is InChI=1S/C21H26N2O3S2/c1-4-25-20(24)18-15-10-16(13(2)3)26-12-17(15)28-19(18)23-21(27)22-11-14-8-6-5-7-9-14/h5-9,13,16H,4,10-12H2,1-3H3,(H2,22,23,27)/t16-/m1/s1. The first-order valence-corrected chi connectivity index (χ1v) is 10.7. The van der Waals surface area contributed by atoms with Gasteiger partial charge in [-0.1, -0.05) is 44.2 Å². The average Bonchev–Trinajstić information content (AvgIpc) is 3.04. The molecule has 1 atom stereocenters. The van der Waals surface area contributed by atoms with E-state index in [-0.39, 0.29) is 12.1 Å². The molecule has 1 aliphatic rings. The van der Waals surface area contributed by atoms with Crippen LogP contribution < -0.4 is 10.6 Å². The van der Waals surface area contributed by atoms with E-state index in [2.05, 4.69) is 24.5 Å². The van der Waals surface area contributed by atoms with Gasteiger partial charge in [0.15, 0.2) is 5.11 Å². The van der Waals surface area contributed by atoms with Crippen LogP contribution in [0.5, 0.6) is 0 Å². The Morgan fingerprint density at radius 2 is 2.11 bits per heavy atom. The lowest BCUT2D eigenvalue weighted by atomic mass is 9.94. The fourth-order valence-corrected chi connectivity index (χ4v) is 4.53. The molecule has 0 aliphatic carbocycles. The molecule has 0 saturated heterocycles. The molecule has 0 amide bonds. The maximum atomic E-state index is 12.7. The van der Waals surface area contributed by atoms with E-state index >= 15 is 0 Å². The topological polar surface area (TPSA) is 59.6 Å². The molecule has 2 aromatic rings. The van der Waals surface area contributed by atoms with Gasteiger partial charge in [-0.3, -0.25) is 0 Å². The minimum atomic E-state index is -0.308. The Bertz CT molecular complexity index is 834. The van der Waals surface area contributed by atoms with Gasteiger partial charge in [-0.15, -0.1) is 11.3 Å². The molecule has 0 bridgehead atoms. The zero-order chi connectivity index (χ0) is 20.1. The number of fused-ring (bicyclic) bond motifs is 1. The highest BCUT2D eigenvalue weighted by atomic mass is 32.1. The predicted molar refractivity (Wildman–Crippen MR) is 117 cm³/mol. The van der Waals surface area contributed by atoms with Gasteiger partial charge in [-0.05, 0) is 36.2 Å². The number of carbonyl (C=O) groups excluding carboxylic acids is 1. The summed E-state index contributed by atoms with van der Waals surface area (Å²) in [5, 5.41) is 7.61. The predicted octanol–water partition coefficient (Wildman–Crippen LogP) is 4.51. The number of esters is 1. The first kappa shape index (κ1) is 20.8. The summed E-state index contributed by atoms with van der Waals surface area (Å²) in [6.07, 6.45) is 0.815. The summed E-state index contributed by atoms with van der Waals surface area (Å²) < 4.78 is 11.3. The van der Waals surface area contributed by atoms with Crippen LogP contribution in [0, 0.1) is 5.92 Å². The smallest absolute Gasteiger partial charge is 0.341 e. The Hall–Kier alpha value is -1.96. The molecule has 28 heavy (non-hydrogen) atoms. The zero-order valence-corrected chi connectivity index (χ0v) is 18.0. The minimum absolute atomic E-state index is 0.103. The van der Waals surface area contributed by atoms with Crippen LogP contribution >= 0.6 is 23.6 Å². The molecular formula is C21H26N2O3S2. The lowest BCUT2D eigenvalue weighted by Gasteiger charge is -2.26. The maximum Gasteiger partial charge on any atom is 0.341 e. The van der Waals surface area contributed by atoms with Crippen molar-refractivity contribution in [2.24, 2.45) is 5.92 Å². The number of thiophene rings is 1. The Morgan fingerprint density at radius 3 is 2.79 bits per heavy atom. The van der Waals surface area contributed by atoms with Gasteiger partial charge in [0.25, 0.3) is 0 Å². The number of carbonyl (C=O) groups is 1. The van der Waals surface area contributed by atoms with Crippen LogP contribution in [-0.2, 0) is 29.0 Å². The summed E-state index contributed by atoms with van der Waals surface area (Å²) in [6, 6.07) is 10.0. The number of nitrogens with one attached hydrogen (secondary N) is 2. The molecule has 3 rings (SSSR count). The first-order chi connectivity index (χ1) is 13.5. The van der Waals surface area contributed by atoms with Crippen LogP contribution in [0.4, 0.5) is 5.00 Å². The van der Waals surface area contributed by atoms with Crippen molar-refractivity contribution in [3.8, 4) is 0 Å². The van der Waals surface area contributed by atoms with E-state index in [4.69, 9.17) is 21.7 Å². The quantitative estimate of drug-likeness (QED) is 0.532. The fourth-order valence-electron chi connectivity index (χ4n) is 3.15. The van der Waals surface area contributed by atoms with E-state index in [1.807, 2.05) is 37.3 Å². The molecule has 2 N–H and O–H groups in total. The first-order valence-electron chi connectivity index (χ1n) is 9.51. The SMILES string of the molecule is CCOC(=O)c1c(NC(=S)NCc2ccccc2)sc2c1C[C@H](C(C)C)OC2. The molecule has 150 valence electrons. The van der Waals surface area contributed by atoms with Crippen molar-refractivity contribution in [2.45, 2.75) is 46.4 Å². The third-order valence-electron chi connectivity index (χ3n) is 4.67. The summed E-state index contributed by atoms with van der Waals surface area (Å²) in [5.41, 5.74) is 2.76. The number of ether oxygens (including phenoxy) is 2. The van der Waals surface area contributed by atoms with Gasteiger partial charge < -0.3 is 20.1 Å². The van der Waals surface area contributed by atoms with Crippen molar-refractivity contribution >= 4 is 39.6 Å². The molecule has 0 spiro atoms. The highest BCUT2D eigenvalue weighted by molar-refractivity contribution is 7.80. The third kappa shape index (κ3) is 4.90. The number of thiocarbonyl (C=S) groups is 1. The second-order valence-electron chi connectivity index (χ2n) is 7.02. The normalized spacial score (nSPS) is 15.8. The van der Waals surface area contributed by atoms with Gasteiger partial charge in [0, 0.05) is 17.8 Å². The van der Waals surface area contributed by atoms with E-state index < -0.39 is 0 Å². The second-order valence-corrected chi connectivity index (χ2v) is 8.53. The molecular weight excluding hydrogens is 392 g/mol. The summed E-state index contributed by atoms with van der Waals surface area (Å²) in [7, 11) is 0. The van der Waals surface area contributed by atoms with Crippen molar-refractivity contribution < 1.29 is 14.3 Å². The molecule has 2 heterocycles. The van der Waals surface area contributed by atoms with E-state index in [0.717, 1.165) is 21.0 Å². The van der Waals surface area contributed by atoms with Crippen molar-refractivity contribution in [3.63, 3.8) is 0 Å². The van der Waals surface area contributed by atoms with Gasteiger partial charge in [0.05, 0.1) is 24.9 Å². The van der Waals surface area contributed by atoms with E-state index in [0.29, 0.717) is 42.8 Å². The molecule has 7 heteroatoms. The fraction of sp³-hybridized carbons (Fsp3) is 0.429. The molecule has 1 aromatic carbocycles. The highest BCUT2D eigenvalue weighted by Crippen LogP contribution is 2.39. The maximum absolute atomic E-state index is 12.7. The van der Waals surface area contributed by atoms with Crippen LogP contribution in [0.2, 0.25) is 0 Å². The average molecular weight is 419 g/mol. The number of hydrogen-bond donors (Lipinski definition) is 2. The van der Waals surface area contributed by atoms with Gasteiger partial charge in [-0.2, -0.15) is 0 Å². The summed E-state index contributed by atoms with van der Waals surface area (Å²) in [5.74, 6) is 0.0749. The van der Waals surface area contributed by atoms with Gasteiger partial charge in [0.1, 0.15) is 5.00 Å². The van der Waals surface area contributed by atoms with Crippen molar-refractivity contribution in [2.75, 3.05) is 11.9 Å². The molecule has 0 saturated carbocycles. The van der Waals surface area contributed by atoms with Crippen LogP contribution in [0.1, 0.15) is 47.1 Å². The minimum Gasteiger partial charge on any atom is -0.462 e. The van der Waals surface area contributed by atoms with Gasteiger partial charge in [0.2, 0.25) is 0 Å². The number of hydrogen-bond acceptors (Lipinski definition) is 5. The largest absolute Gasteiger partial charge is 0.462 e. The summed E-state index contributed by atoms with van der Waals surface area (Å²) in [4.78, 5) is 13.7. The number of anilines is 1. The Labute approximate surface area is 175 Å². The highest BCUT2D eigenvalue weighted by Gasteiger charge is 2.31. The van der Waals surface area contributed by atoms with Crippen LogP contribution in [0.25, 0.3) is 0 Å². The molecule has 5 nitrogen and oxygen atoms in total. The Morgan fingerprint density at radius 1 is 1.36 bits per heavy atom. The summed E-state index contributed by atoms with van der Waals surface area (Å²) in [6.45, 7) is 7.55. The molecule has 1 aliphatic heterocycles. The summed E-state index contributed by atoms with van der Waals surface area (Å²) >= 11 is 6.97. The van der Waals surface area contributed by atoms with Crippen molar-refractivity contribution in [3.05, 3.63) is 51.9 Å². The van der Waals surface area contributed by atoms with E-state index in [9.17, 15) is 4.79 Å². The second kappa shape index (κ2) is 9.49. The number of benzene rings is 1. The lowest BCUT2D eigenvalue weighted by Crippen LogP contribution is -2.29. The van der Waals surface area contributed by atoms with Gasteiger partial charge >= 0.3 is 5.97 Å². The van der Waals surface area contributed by atoms with Gasteiger partial charge in [-0.25, -0.2) is 4.79 Å². The third-order valence-corrected chi connectivity index (χ3v) is 6.04. The monoisotopic (exact) mass is 418 g/mol. The van der Waals surface area contributed by atoms with Crippen LogP contribution in [0.15, 0.2) is 30.3 Å². The molecule has 0 unspecified atom stereocenters.